The Hall–Kier alpha value is -1.75. The van der Waals surface area contributed by atoms with Crippen LogP contribution in [0.4, 0.5) is 11.4 Å². The SMILES string of the molecule is CN(C)S(=O)(=O)N1CCC[C@@H](C(=O)Nc2cc([N+](=O)[O-])ccc2Cl)C1. The second kappa shape index (κ2) is 7.65. The van der Waals surface area contributed by atoms with E-state index >= 15 is 0 Å². The minimum absolute atomic E-state index is 0.0545. The minimum atomic E-state index is -3.59. The van der Waals surface area contributed by atoms with Crippen LogP contribution in [-0.4, -0.2) is 55.0 Å². The van der Waals surface area contributed by atoms with Gasteiger partial charge in [0, 0.05) is 39.3 Å². The molecule has 0 unspecified atom stereocenters. The van der Waals surface area contributed by atoms with Gasteiger partial charge in [-0.25, -0.2) is 0 Å². The molecule has 0 aliphatic carbocycles. The van der Waals surface area contributed by atoms with Crippen LogP contribution in [0.3, 0.4) is 0 Å². The van der Waals surface area contributed by atoms with Crippen LogP contribution < -0.4 is 5.32 Å². The van der Waals surface area contributed by atoms with Crippen molar-refractivity contribution in [2.24, 2.45) is 5.92 Å². The van der Waals surface area contributed by atoms with E-state index in [0.717, 1.165) is 4.31 Å². The average molecular weight is 391 g/mol. The number of nitrogens with zero attached hydrogens (tertiary/aromatic N) is 3. The molecule has 1 saturated heterocycles. The van der Waals surface area contributed by atoms with Crippen LogP contribution in [0.25, 0.3) is 0 Å². The number of benzene rings is 1. The maximum Gasteiger partial charge on any atom is 0.281 e. The van der Waals surface area contributed by atoms with Gasteiger partial charge in [-0.2, -0.15) is 17.0 Å². The number of non-ortho nitro benzene ring substituents is 1. The van der Waals surface area contributed by atoms with Crippen molar-refractivity contribution in [3.8, 4) is 0 Å². The lowest BCUT2D eigenvalue weighted by atomic mass is 9.98. The highest BCUT2D eigenvalue weighted by atomic mass is 35.5. The fraction of sp³-hybridized carbons (Fsp3) is 0.500. The number of nitrogens with one attached hydrogen (secondary N) is 1. The van der Waals surface area contributed by atoms with Crippen LogP contribution in [0.15, 0.2) is 18.2 Å². The summed E-state index contributed by atoms with van der Waals surface area (Å²) in [7, 11) is -0.729. The van der Waals surface area contributed by atoms with E-state index in [2.05, 4.69) is 5.32 Å². The van der Waals surface area contributed by atoms with Crippen molar-refractivity contribution < 1.29 is 18.1 Å². The third-order valence-corrected chi connectivity index (χ3v) is 6.20. The van der Waals surface area contributed by atoms with E-state index in [-0.39, 0.29) is 22.9 Å². The summed E-state index contributed by atoms with van der Waals surface area (Å²) in [6.45, 7) is 0.404. The Morgan fingerprint density at radius 2 is 2.12 bits per heavy atom. The smallest absolute Gasteiger partial charge is 0.281 e. The van der Waals surface area contributed by atoms with E-state index in [9.17, 15) is 23.3 Å². The predicted octanol–water partition coefficient (Wildman–Crippen LogP) is 1.71. The lowest BCUT2D eigenvalue weighted by molar-refractivity contribution is -0.384. The van der Waals surface area contributed by atoms with Gasteiger partial charge in [-0.3, -0.25) is 14.9 Å². The summed E-state index contributed by atoms with van der Waals surface area (Å²) in [5.41, 5.74) is -0.0615. The summed E-state index contributed by atoms with van der Waals surface area (Å²) in [5, 5.41) is 13.6. The molecule has 0 bridgehead atoms. The van der Waals surface area contributed by atoms with Gasteiger partial charge in [0.2, 0.25) is 5.91 Å². The van der Waals surface area contributed by atoms with Crippen LogP contribution in [0.5, 0.6) is 0 Å². The highest BCUT2D eigenvalue weighted by molar-refractivity contribution is 7.86. The summed E-state index contributed by atoms with van der Waals surface area (Å²) in [5.74, 6) is -0.972. The van der Waals surface area contributed by atoms with Crippen LogP contribution in [0, 0.1) is 16.0 Å². The molecule has 1 amide bonds. The number of nitro groups is 1. The van der Waals surface area contributed by atoms with Gasteiger partial charge in [0.15, 0.2) is 0 Å². The Labute approximate surface area is 150 Å². The highest BCUT2D eigenvalue weighted by Crippen LogP contribution is 2.28. The quantitative estimate of drug-likeness (QED) is 0.607. The molecule has 25 heavy (non-hydrogen) atoms. The number of carbonyl (C=O) groups is 1. The van der Waals surface area contributed by atoms with Gasteiger partial charge >= 0.3 is 0 Å². The number of halogens is 1. The summed E-state index contributed by atoms with van der Waals surface area (Å²) in [6, 6.07) is 3.75. The first-order valence-electron chi connectivity index (χ1n) is 7.55. The van der Waals surface area contributed by atoms with Gasteiger partial charge in [0.05, 0.1) is 21.6 Å². The molecule has 1 aliphatic heterocycles. The molecule has 1 aromatic rings. The number of carbonyl (C=O) groups excluding carboxylic acids is 1. The van der Waals surface area contributed by atoms with E-state index in [0.29, 0.717) is 19.4 Å². The van der Waals surface area contributed by atoms with Crippen LogP contribution >= 0.6 is 11.6 Å². The second-order valence-electron chi connectivity index (χ2n) is 5.90. The minimum Gasteiger partial charge on any atom is -0.324 e. The molecule has 1 heterocycles. The molecule has 1 aromatic carbocycles. The molecule has 0 saturated carbocycles. The fourth-order valence-electron chi connectivity index (χ4n) is 2.55. The van der Waals surface area contributed by atoms with Crippen molar-refractivity contribution in [1.29, 1.82) is 0 Å². The van der Waals surface area contributed by atoms with Gasteiger partial charge in [0.1, 0.15) is 0 Å². The Morgan fingerprint density at radius 1 is 1.44 bits per heavy atom. The predicted molar refractivity (Wildman–Crippen MR) is 93.6 cm³/mol. The Kier molecular flexibility index (Phi) is 5.99. The zero-order valence-corrected chi connectivity index (χ0v) is 15.4. The molecule has 2 rings (SSSR count). The number of hydrogen-bond acceptors (Lipinski definition) is 5. The first-order valence-corrected chi connectivity index (χ1v) is 9.33. The molecule has 9 nitrogen and oxygen atoms in total. The number of amides is 1. The number of rotatable bonds is 5. The standard InChI is InChI=1S/C14H19ClN4O5S/c1-17(2)25(23,24)18-7-3-4-10(9-18)14(20)16-13-8-11(19(21)22)5-6-12(13)15/h5-6,8,10H,3-4,7,9H2,1-2H3,(H,16,20)/t10-/m1/s1. The third kappa shape index (κ3) is 4.46. The zero-order chi connectivity index (χ0) is 18.8. The van der Waals surface area contributed by atoms with Gasteiger partial charge in [-0.05, 0) is 18.9 Å². The van der Waals surface area contributed by atoms with Crippen LogP contribution in [0.1, 0.15) is 12.8 Å². The second-order valence-corrected chi connectivity index (χ2v) is 8.45. The summed E-state index contributed by atoms with van der Waals surface area (Å²) >= 11 is 5.98. The third-order valence-electron chi connectivity index (χ3n) is 3.96. The number of nitro benzene ring substituents is 1. The van der Waals surface area contributed by atoms with Gasteiger partial charge in [-0.15, -0.1) is 0 Å². The first kappa shape index (κ1) is 19.6. The van der Waals surface area contributed by atoms with E-state index in [1.54, 1.807) is 0 Å². The molecule has 138 valence electrons. The molecule has 1 N–H and O–H groups in total. The van der Waals surface area contributed by atoms with E-state index in [1.807, 2.05) is 0 Å². The lowest BCUT2D eigenvalue weighted by Crippen LogP contribution is -2.47. The van der Waals surface area contributed by atoms with E-state index in [4.69, 9.17) is 11.6 Å². The molecule has 1 atom stereocenters. The van der Waals surface area contributed by atoms with Crippen LogP contribution in [-0.2, 0) is 15.0 Å². The van der Waals surface area contributed by atoms with Crippen molar-refractivity contribution in [2.45, 2.75) is 12.8 Å². The van der Waals surface area contributed by atoms with Crippen molar-refractivity contribution in [2.75, 3.05) is 32.5 Å². The Bertz CT molecular complexity index is 783. The zero-order valence-electron chi connectivity index (χ0n) is 13.8. The maximum absolute atomic E-state index is 12.5. The first-order chi connectivity index (χ1) is 11.6. The fourth-order valence-corrected chi connectivity index (χ4v) is 3.91. The summed E-state index contributed by atoms with van der Waals surface area (Å²) < 4.78 is 26.8. The van der Waals surface area contributed by atoms with Crippen molar-refractivity contribution in [1.82, 2.24) is 8.61 Å². The molecular weight excluding hydrogens is 372 g/mol. The summed E-state index contributed by atoms with van der Waals surface area (Å²) in [6.07, 6.45) is 1.08. The largest absolute Gasteiger partial charge is 0.324 e. The molecular formula is C14H19ClN4O5S. The Morgan fingerprint density at radius 3 is 2.72 bits per heavy atom. The van der Waals surface area contributed by atoms with E-state index < -0.39 is 27.0 Å². The average Bonchev–Trinajstić information content (AvgIpc) is 2.56. The molecule has 0 aromatic heterocycles. The molecule has 1 fully saturated rings. The monoisotopic (exact) mass is 390 g/mol. The Balaban J connectivity index is 2.13. The molecule has 0 spiro atoms. The van der Waals surface area contributed by atoms with Crippen molar-refractivity contribution >= 4 is 39.1 Å². The van der Waals surface area contributed by atoms with Gasteiger partial charge in [-0.1, -0.05) is 11.6 Å². The maximum atomic E-state index is 12.5. The van der Waals surface area contributed by atoms with Gasteiger partial charge < -0.3 is 5.32 Å². The molecule has 11 heteroatoms. The number of piperidine rings is 1. The van der Waals surface area contributed by atoms with Crippen molar-refractivity contribution in [3.63, 3.8) is 0 Å². The number of hydrogen-bond donors (Lipinski definition) is 1. The van der Waals surface area contributed by atoms with Crippen molar-refractivity contribution in [3.05, 3.63) is 33.3 Å². The molecule has 0 radical (unpaired) electrons. The highest BCUT2D eigenvalue weighted by Gasteiger charge is 2.33. The lowest BCUT2D eigenvalue weighted by Gasteiger charge is -2.32. The topological polar surface area (TPSA) is 113 Å². The van der Waals surface area contributed by atoms with E-state index in [1.165, 1.54) is 36.6 Å². The van der Waals surface area contributed by atoms with Gasteiger partial charge in [0.25, 0.3) is 15.9 Å². The molecule has 1 aliphatic rings. The van der Waals surface area contributed by atoms with Crippen LogP contribution in [0.2, 0.25) is 5.02 Å². The summed E-state index contributed by atoms with van der Waals surface area (Å²) in [4.78, 5) is 22.7. The normalized spacial score (nSPS) is 19.0. The number of anilines is 1.